The number of ether oxygens (including phenoxy) is 2. The van der Waals surface area contributed by atoms with Gasteiger partial charge in [-0.05, 0) is 19.9 Å². The highest BCUT2D eigenvalue weighted by molar-refractivity contribution is 6.44. The Kier molecular flexibility index (Phi) is 22.1. The van der Waals surface area contributed by atoms with Crippen molar-refractivity contribution in [2.75, 3.05) is 39.6 Å². The van der Waals surface area contributed by atoms with Gasteiger partial charge >= 0.3 is 9.28 Å². The quantitative estimate of drug-likeness (QED) is 0.203. The molecule has 0 N–H and O–H groups in total. The topological polar surface area (TPSA) is 36.9 Å². The maximum Gasteiger partial charge on any atom is 0.321 e. The molecule has 0 aliphatic heterocycles. The third-order valence-electron chi connectivity index (χ3n) is 4.26. The molecule has 0 bridgehead atoms. The summed E-state index contributed by atoms with van der Waals surface area (Å²) < 4.78 is 22.6. The van der Waals surface area contributed by atoms with Crippen LogP contribution in [-0.2, 0) is 18.3 Å². The SMILES string of the molecule is CCCCCCCCCCCC[SiH](OCCOCC)OCCOCC. The number of hydrogen-bond donors (Lipinski definition) is 0. The summed E-state index contributed by atoms with van der Waals surface area (Å²) in [5.41, 5.74) is 0. The minimum atomic E-state index is -1.56. The zero-order valence-corrected chi connectivity index (χ0v) is 18.4. The maximum absolute atomic E-state index is 5.94. The number of hydrogen-bond acceptors (Lipinski definition) is 4. The van der Waals surface area contributed by atoms with E-state index in [4.69, 9.17) is 18.3 Å². The van der Waals surface area contributed by atoms with Crippen LogP contribution >= 0.6 is 0 Å². The van der Waals surface area contributed by atoms with Gasteiger partial charge in [0.1, 0.15) is 0 Å². The second kappa shape index (κ2) is 22.1. The fraction of sp³-hybridized carbons (Fsp3) is 1.00. The lowest BCUT2D eigenvalue weighted by Crippen LogP contribution is -2.26. The number of unbranched alkanes of at least 4 members (excludes halogenated alkanes) is 9. The average Bonchev–Trinajstić information content (AvgIpc) is 2.63. The molecule has 0 aromatic heterocycles. The Morgan fingerprint density at radius 3 is 1.40 bits per heavy atom. The lowest BCUT2D eigenvalue weighted by Gasteiger charge is -2.17. The molecule has 4 nitrogen and oxygen atoms in total. The van der Waals surface area contributed by atoms with Gasteiger partial charge in [-0.3, -0.25) is 0 Å². The highest BCUT2D eigenvalue weighted by Crippen LogP contribution is 2.13. The van der Waals surface area contributed by atoms with Crippen molar-refractivity contribution in [1.82, 2.24) is 0 Å². The Balaban J connectivity index is 3.59. The summed E-state index contributed by atoms with van der Waals surface area (Å²) in [7, 11) is -1.56. The Morgan fingerprint density at radius 1 is 0.520 bits per heavy atom. The van der Waals surface area contributed by atoms with E-state index in [1.54, 1.807) is 0 Å². The lowest BCUT2D eigenvalue weighted by atomic mass is 10.1. The van der Waals surface area contributed by atoms with Gasteiger partial charge in [0.2, 0.25) is 0 Å². The molecule has 5 heteroatoms. The first-order chi connectivity index (χ1) is 12.3. The molecule has 0 saturated heterocycles. The summed E-state index contributed by atoms with van der Waals surface area (Å²) in [6.07, 6.45) is 13.7. The molecule has 0 aliphatic carbocycles. The Labute approximate surface area is 158 Å². The van der Waals surface area contributed by atoms with Gasteiger partial charge in [-0.2, -0.15) is 0 Å². The van der Waals surface area contributed by atoms with Crippen molar-refractivity contribution in [2.45, 2.75) is 91.0 Å². The van der Waals surface area contributed by atoms with Crippen LogP contribution in [0.1, 0.15) is 85.0 Å². The van der Waals surface area contributed by atoms with Gasteiger partial charge in [0.25, 0.3) is 0 Å². The van der Waals surface area contributed by atoms with E-state index in [-0.39, 0.29) is 0 Å². The lowest BCUT2D eigenvalue weighted by molar-refractivity contribution is 0.0748. The summed E-state index contributed by atoms with van der Waals surface area (Å²) in [4.78, 5) is 0. The molecular weight excluding hydrogens is 332 g/mol. The molecule has 0 fully saturated rings. The second-order valence-electron chi connectivity index (χ2n) is 6.54. The third kappa shape index (κ3) is 20.2. The summed E-state index contributed by atoms with van der Waals surface area (Å²) in [5, 5.41) is 0. The first-order valence-corrected chi connectivity index (χ1v) is 12.5. The van der Waals surface area contributed by atoms with Crippen molar-refractivity contribution >= 4 is 9.28 Å². The van der Waals surface area contributed by atoms with E-state index in [1.165, 1.54) is 64.2 Å². The molecule has 0 aromatic rings. The van der Waals surface area contributed by atoms with Crippen molar-refractivity contribution in [3.8, 4) is 0 Å². The normalized spacial score (nSPS) is 11.5. The van der Waals surface area contributed by atoms with Crippen LogP contribution in [0, 0.1) is 0 Å². The van der Waals surface area contributed by atoms with Gasteiger partial charge in [-0.15, -0.1) is 0 Å². The third-order valence-corrected chi connectivity index (χ3v) is 6.36. The van der Waals surface area contributed by atoms with E-state index in [0.29, 0.717) is 26.4 Å². The van der Waals surface area contributed by atoms with E-state index in [0.717, 1.165) is 19.3 Å². The van der Waals surface area contributed by atoms with Crippen molar-refractivity contribution < 1.29 is 18.3 Å². The van der Waals surface area contributed by atoms with E-state index < -0.39 is 9.28 Å². The molecule has 0 unspecified atom stereocenters. The van der Waals surface area contributed by atoms with Gasteiger partial charge in [0.15, 0.2) is 0 Å². The predicted molar refractivity (Wildman–Crippen MR) is 109 cm³/mol. The highest BCUT2D eigenvalue weighted by atomic mass is 28.3. The fourth-order valence-electron chi connectivity index (χ4n) is 2.78. The minimum Gasteiger partial charge on any atom is -0.394 e. The van der Waals surface area contributed by atoms with Crippen LogP contribution in [0.4, 0.5) is 0 Å². The molecule has 0 amide bonds. The highest BCUT2D eigenvalue weighted by Gasteiger charge is 2.13. The van der Waals surface area contributed by atoms with Crippen molar-refractivity contribution in [1.29, 1.82) is 0 Å². The minimum absolute atomic E-state index is 0.664. The van der Waals surface area contributed by atoms with Gasteiger partial charge in [0.05, 0.1) is 26.4 Å². The van der Waals surface area contributed by atoms with E-state index in [2.05, 4.69) is 6.92 Å². The summed E-state index contributed by atoms with van der Waals surface area (Å²) >= 11 is 0. The molecule has 0 radical (unpaired) electrons. The molecule has 0 rings (SSSR count). The van der Waals surface area contributed by atoms with E-state index >= 15 is 0 Å². The zero-order valence-electron chi connectivity index (χ0n) is 17.2. The Bertz CT molecular complexity index is 230. The smallest absolute Gasteiger partial charge is 0.321 e. The Morgan fingerprint density at radius 2 is 0.960 bits per heavy atom. The predicted octanol–water partition coefficient (Wildman–Crippen LogP) is 5.23. The monoisotopic (exact) mass is 376 g/mol. The average molecular weight is 377 g/mol. The number of rotatable bonds is 21. The maximum atomic E-state index is 5.94. The fourth-order valence-corrected chi connectivity index (χ4v) is 4.55. The van der Waals surface area contributed by atoms with Crippen molar-refractivity contribution in [3.05, 3.63) is 0 Å². The van der Waals surface area contributed by atoms with E-state index in [9.17, 15) is 0 Å². The van der Waals surface area contributed by atoms with Crippen LogP contribution in [0.5, 0.6) is 0 Å². The summed E-state index contributed by atoms with van der Waals surface area (Å²) in [5.74, 6) is 0. The van der Waals surface area contributed by atoms with Crippen LogP contribution in [0.2, 0.25) is 6.04 Å². The van der Waals surface area contributed by atoms with Crippen LogP contribution in [-0.4, -0.2) is 48.9 Å². The first-order valence-electron chi connectivity index (χ1n) is 10.7. The van der Waals surface area contributed by atoms with Gasteiger partial charge in [-0.1, -0.05) is 71.1 Å². The van der Waals surface area contributed by atoms with Crippen molar-refractivity contribution in [3.63, 3.8) is 0 Å². The molecule has 25 heavy (non-hydrogen) atoms. The summed E-state index contributed by atoms with van der Waals surface area (Å²) in [6.45, 7) is 10.5. The van der Waals surface area contributed by atoms with Crippen LogP contribution < -0.4 is 0 Å². The summed E-state index contributed by atoms with van der Waals surface area (Å²) in [6, 6.07) is 1.11. The zero-order chi connectivity index (χ0) is 18.4. The Hall–Kier alpha value is 0.0569. The van der Waals surface area contributed by atoms with E-state index in [1.807, 2.05) is 13.8 Å². The molecule has 0 atom stereocenters. The van der Waals surface area contributed by atoms with Gasteiger partial charge in [-0.25, -0.2) is 0 Å². The largest absolute Gasteiger partial charge is 0.394 e. The molecule has 0 spiro atoms. The van der Waals surface area contributed by atoms with Gasteiger partial charge in [0, 0.05) is 13.2 Å². The molecule has 0 aromatic carbocycles. The van der Waals surface area contributed by atoms with Crippen LogP contribution in [0.25, 0.3) is 0 Å². The second-order valence-corrected chi connectivity index (χ2v) is 8.64. The molecule has 152 valence electrons. The van der Waals surface area contributed by atoms with Crippen molar-refractivity contribution in [2.24, 2.45) is 0 Å². The molecule has 0 aliphatic rings. The molecule has 0 heterocycles. The first kappa shape index (κ1) is 25.1. The standard InChI is InChI=1S/C20H44O4Si/c1-4-7-8-9-10-11-12-13-14-15-20-25(23-18-16-21-5-2)24-19-17-22-6-3/h25H,4-20H2,1-3H3. The van der Waals surface area contributed by atoms with Crippen LogP contribution in [0.3, 0.4) is 0 Å². The molecule has 0 saturated carbocycles. The van der Waals surface area contributed by atoms with Crippen LogP contribution in [0.15, 0.2) is 0 Å². The molecular formula is C20H44O4Si. The van der Waals surface area contributed by atoms with Gasteiger partial charge < -0.3 is 18.3 Å².